The van der Waals surface area contributed by atoms with Gasteiger partial charge in [0.25, 0.3) is 0 Å². The first kappa shape index (κ1) is 83.7. The molecule has 8 rings (SSSR count). The molecule has 0 aromatic heterocycles. The van der Waals surface area contributed by atoms with E-state index in [4.69, 9.17) is 94.7 Å². The van der Waals surface area contributed by atoms with Crippen molar-refractivity contribution in [3.05, 3.63) is 84.4 Å². The van der Waals surface area contributed by atoms with Crippen molar-refractivity contribution in [3.8, 4) is 0 Å². The van der Waals surface area contributed by atoms with Gasteiger partial charge in [-0.3, -0.25) is 52.7 Å². The van der Waals surface area contributed by atoms with Crippen LogP contribution in [0.4, 0.5) is 0 Å². The predicted octanol–water partition coefficient (Wildman–Crippen LogP) is 4.05. The van der Waals surface area contributed by atoms with Gasteiger partial charge >= 0.3 is 47.8 Å². The molecule has 576 valence electrons. The first-order chi connectivity index (χ1) is 49.6. The number of hydrogen-bond donors (Lipinski definition) is 2. The van der Waals surface area contributed by atoms with Crippen LogP contribution in [-0.4, -0.2) is 233 Å². The number of benzene rings is 2. The van der Waals surface area contributed by atoms with E-state index in [2.05, 4.69) is 17.2 Å². The minimum Gasteiger partial charge on any atom is -0.463 e. The van der Waals surface area contributed by atoms with E-state index in [1.807, 2.05) is 60.7 Å². The second kappa shape index (κ2) is 41.4. The van der Waals surface area contributed by atoms with Crippen molar-refractivity contribution in [1.82, 2.24) is 10.6 Å². The van der Waals surface area contributed by atoms with Crippen molar-refractivity contribution in [1.29, 1.82) is 0 Å². The quantitative estimate of drug-likeness (QED) is 0.0482. The molecule has 2 aromatic carbocycles. The molecular formula is C70H94N2O31S. The van der Waals surface area contributed by atoms with E-state index >= 15 is 0 Å². The lowest BCUT2D eigenvalue weighted by molar-refractivity contribution is -0.378. The van der Waals surface area contributed by atoms with E-state index in [0.29, 0.717) is 36.1 Å². The Balaban J connectivity index is 0.000000292. The Morgan fingerprint density at radius 2 is 0.808 bits per heavy atom. The van der Waals surface area contributed by atoms with Crippen LogP contribution in [0.25, 0.3) is 0 Å². The Hall–Kier alpha value is -7.58. The van der Waals surface area contributed by atoms with Crippen LogP contribution in [0.5, 0.6) is 0 Å². The number of fused-ring (bicyclic) bond motifs is 2. The number of nitrogens with one attached hydrogen (secondary N) is 2. The molecule has 6 fully saturated rings. The maximum absolute atomic E-state index is 12.7. The fraction of sp³-hybridized carbons (Fsp3) is 0.643. The van der Waals surface area contributed by atoms with Crippen LogP contribution in [-0.2, 0) is 147 Å². The number of allylic oxidation sites excluding steroid dienone is 1. The van der Waals surface area contributed by atoms with E-state index < -0.39 is 208 Å². The summed E-state index contributed by atoms with van der Waals surface area (Å²) in [4.78, 5) is 135. The van der Waals surface area contributed by atoms with E-state index in [1.54, 1.807) is 6.08 Å². The number of hydrogen-bond acceptors (Lipinski definition) is 32. The lowest BCUT2D eigenvalue weighted by Gasteiger charge is -2.51. The minimum atomic E-state index is -1.59. The molecule has 22 unspecified atom stereocenters. The summed E-state index contributed by atoms with van der Waals surface area (Å²) >= 11 is 1.25. The number of rotatable bonds is 30. The highest BCUT2D eigenvalue weighted by molar-refractivity contribution is 8.13. The summed E-state index contributed by atoms with van der Waals surface area (Å²) in [5.74, 6) is -6.37. The summed E-state index contributed by atoms with van der Waals surface area (Å²) < 4.78 is 120. The molecular weight excluding hydrogens is 1400 g/mol. The molecule has 2 aromatic rings. The molecule has 6 aliphatic rings. The Labute approximate surface area is 605 Å². The first-order valence-electron chi connectivity index (χ1n) is 34.0. The Morgan fingerprint density at radius 1 is 0.433 bits per heavy atom. The van der Waals surface area contributed by atoms with Gasteiger partial charge in [0, 0.05) is 99.6 Å². The Morgan fingerprint density at radius 3 is 1.16 bits per heavy atom. The SMILES string of the molecule is C=CCCCOC1OC2COC(c3ccccc3)OC2C(OC2OC(COC(C)=O)C(OC(C)=O)C(OC(C)=O)C2OC(C)=O)C1NC(C)=O.CC(=O)NC1C(OCCCCCSC(C)=O)OC2COC(c3ccccc3)OC2C1OC1OC(COC(C)=O)C(OC(C)=O)C(OC(C)=O)C1OC(C)=O. The van der Waals surface area contributed by atoms with Gasteiger partial charge in [0.2, 0.25) is 11.8 Å². The zero-order valence-corrected chi connectivity index (χ0v) is 60.6. The molecule has 6 saturated heterocycles. The minimum absolute atomic E-state index is 0.0254. The average molecular weight is 1490 g/mol. The fourth-order valence-electron chi connectivity index (χ4n) is 12.2. The van der Waals surface area contributed by atoms with Gasteiger partial charge in [-0.05, 0) is 25.7 Å². The number of amides is 2. The third kappa shape index (κ3) is 25.3. The average Bonchev–Trinajstić information content (AvgIpc) is 0.764. The molecule has 104 heavy (non-hydrogen) atoms. The Bertz CT molecular complexity index is 3200. The third-order valence-electron chi connectivity index (χ3n) is 16.3. The smallest absolute Gasteiger partial charge is 0.303 e. The number of ether oxygens (including phenoxy) is 20. The van der Waals surface area contributed by atoms with Gasteiger partial charge in [0.05, 0.1) is 19.8 Å². The Kier molecular flexibility index (Phi) is 33.3. The molecule has 33 nitrogen and oxygen atoms in total. The van der Waals surface area contributed by atoms with E-state index in [9.17, 15) is 52.7 Å². The van der Waals surface area contributed by atoms with Crippen molar-refractivity contribution >= 4 is 76.4 Å². The normalized spacial score (nSPS) is 31.3. The van der Waals surface area contributed by atoms with Crippen LogP contribution < -0.4 is 10.6 Å². The zero-order valence-electron chi connectivity index (χ0n) is 59.8. The van der Waals surface area contributed by atoms with Crippen LogP contribution in [0.1, 0.15) is 132 Å². The van der Waals surface area contributed by atoms with Crippen LogP contribution in [0.2, 0.25) is 0 Å². The summed E-state index contributed by atoms with van der Waals surface area (Å²) in [5, 5.41) is 5.74. The van der Waals surface area contributed by atoms with E-state index in [-0.39, 0.29) is 31.5 Å². The number of thioether (sulfide) groups is 1. The highest BCUT2D eigenvalue weighted by Crippen LogP contribution is 2.42. The van der Waals surface area contributed by atoms with Gasteiger partial charge < -0.3 is 105 Å². The summed E-state index contributed by atoms with van der Waals surface area (Å²) in [5.41, 5.74) is 1.40. The van der Waals surface area contributed by atoms with Gasteiger partial charge in [-0.15, -0.1) is 6.58 Å². The summed E-state index contributed by atoms with van der Waals surface area (Å²) in [7, 11) is 0. The second-order valence-corrected chi connectivity index (χ2v) is 26.1. The lowest BCUT2D eigenvalue weighted by atomic mass is 9.94. The largest absolute Gasteiger partial charge is 0.463 e. The standard InChI is InChI=1S/C36H49NO16S.C34H45NO15/c1-19(38)37-28-31(53-36-33(49-23(5)42)32(48-22(4)41)30(47-21(3)40)26(51-36)17-45-20(2)39)29-27(18-46-34(52-29)25-13-9-7-10-14-25)50-35(28)44-15-11-8-12-16-54-24(6)43;1-7-8-12-15-41-33-26(35-18(2)36)29(27-25(47-33)17-43-32(49-27)23-13-10-9-11-14-23)50-34-31(46-22(6)40)30(45-21(5)39)28(44-20(4)38)24(48-34)16-42-19(3)37/h7,9-10,13-14,26-36H,8,11-12,15-18H2,1-6H3,(H,37,38);7,9-11,13-14,24-34H,1,8,12,15-17H2,2-6H3,(H,35,36). The number of esters is 8. The van der Waals surface area contributed by atoms with Gasteiger partial charge in [-0.25, -0.2) is 0 Å². The van der Waals surface area contributed by atoms with Gasteiger partial charge in [-0.2, -0.15) is 0 Å². The first-order valence-corrected chi connectivity index (χ1v) is 35.0. The van der Waals surface area contributed by atoms with Crippen molar-refractivity contribution in [2.24, 2.45) is 0 Å². The zero-order chi connectivity index (χ0) is 75.7. The van der Waals surface area contributed by atoms with Gasteiger partial charge in [0.1, 0.15) is 74.1 Å². The molecule has 0 aliphatic carbocycles. The summed E-state index contributed by atoms with van der Waals surface area (Å²) in [6.07, 6.45) is -19.0. The van der Waals surface area contributed by atoms with Crippen LogP contribution >= 0.6 is 11.8 Å². The topological polar surface area (TPSA) is 396 Å². The van der Waals surface area contributed by atoms with Crippen LogP contribution in [0.15, 0.2) is 73.3 Å². The van der Waals surface area contributed by atoms with Crippen molar-refractivity contribution < 1.29 is 147 Å². The summed E-state index contributed by atoms with van der Waals surface area (Å²) in [6, 6.07) is 16.2. The third-order valence-corrected chi connectivity index (χ3v) is 17.2. The predicted molar refractivity (Wildman–Crippen MR) is 355 cm³/mol. The van der Waals surface area contributed by atoms with E-state index in [1.165, 1.54) is 46.4 Å². The summed E-state index contributed by atoms with van der Waals surface area (Å²) in [6.45, 7) is 16.5. The van der Waals surface area contributed by atoms with E-state index in [0.717, 1.165) is 54.4 Å². The van der Waals surface area contributed by atoms with Gasteiger partial charge in [-0.1, -0.05) is 84.9 Å². The molecule has 0 bridgehead atoms. The highest BCUT2D eigenvalue weighted by Gasteiger charge is 2.60. The van der Waals surface area contributed by atoms with Crippen LogP contribution in [0, 0.1) is 0 Å². The van der Waals surface area contributed by atoms with Gasteiger partial charge in [0.15, 0.2) is 79.5 Å². The van der Waals surface area contributed by atoms with Crippen molar-refractivity contribution in [2.45, 2.75) is 244 Å². The molecule has 2 N–H and O–H groups in total. The molecule has 0 spiro atoms. The maximum Gasteiger partial charge on any atom is 0.303 e. The molecule has 2 amide bonds. The molecule has 6 aliphatic heterocycles. The molecule has 0 radical (unpaired) electrons. The second-order valence-electron chi connectivity index (χ2n) is 24.8. The van der Waals surface area contributed by atoms with Crippen LogP contribution in [0.3, 0.4) is 0 Å². The number of carbonyl (C=O) groups excluding carboxylic acids is 11. The molecule has 6 heterocycles. The highest BCUT2D eigenvalue weighted by atomic mass is 32.2. The molecule has 0 saturated carbocycles. The molecule has 34 heteroatoms. The monoisotopic (exact) mass is 1490 g/mol. The maximum atomic E-state index is 12.7. The fourth-order valence-corrected chi connectivity index (χ4v) is 12.9. The lowest BCUT2D eigenvalue weighted by Crippen LogP contribution is -2.70. The number of carbonyl (C=O) groups is 11. The molecule has 22 atom stereocenters. The van der Waals surface area contributed by atoms with Crippen molar-refractivity contribution in [2.75, 3.05) is 45.4 Å². The number of unbranched alkanes of at least 4 members (excludes halogenated alkanes) is 3. The van der Waals surface area contributed by atoms with Crippen molar-refractivity contribution in [3.63, 3.8) is 0 Å².